The molecule has 0 bridgehead atoms. The van der Waals surface area contributed by atoms with Crippen molar-refractivity contribution in [1.82, 2.24) is 0 Å². The van der Waals surface area contributed by atoms with Crippen molar-refractivity contribution >= 4 is 45.0 Å². The second kappa shape index (κ2) is 26.1. The van der Waals surface area contributed by atoms with Gasteiger partial charge in [0.1, 0.15) is 11.7 Å². The Morgan fingerprint density at radius 1 is 0.682 bits per heavy atom. The van der Waals surface area contributed by atoms with Crippen LogP contribution in [0, 0.1) is 17.8 Å². The van der Waals surface area contributed by atoms with Gasteiger partial charge in [-0.25, -0.2) is 4.79 Å². The van der Waals surface area contributed by atoms with Crippen molar-refractivity contribution in [1.29, 1.82) is 0 Å². The minimum atomic E-state index is -2.25. The van der Waals surface area contributed by atoms with Crippen molar-refractivity contribution in [3.63, 3.8) is 0 Å². The Morgan fingerprint density at radius 2 is 1.15 bits per heavy atom. The largest absolute Gasteiger partial charge is 0.459 e. The molecule has 0 aliphatic rings. The monoisotopic (exact) mass is 991 g/mol. The summed E-state index contributed by atoms with van der Waals surface area (Å²) < 4.78 is 34.1. The Morgan fingerprint density at radius 3 is 1.59 bits per heavy atom. The highest BCUT2D eigenvalue weighted by Crippen LogP contribution is 2.41. The molecule has 0 rings (SSSR count). The smallest absolute Gasteiger partial charge is 0.330 e. The lowest BCUT2D eigenvalue weighted by Crippen LogP contribution is -2.49. The Hall–Kier alpha value is -1.45. The average molecular weight is 992 g/mol. The van der Waals surface area contributed by atoms with Gasteiger partial charge in [-0.1, -0.05) is 146 Å². The van der Waals surface area contributed by atoms with Crippen molar-refractivity contribution in [2.75, 3.05) is 0 Å². The van der Waals surface area contributed by atoms with Gasteiger partial charge in [0.05, 0.1) is 12.2 Å². The molecule has 7 nitrogen and oxygen atoms in total. The van der Waals surface area contributed by atoms with Gasteiger partial charge in [0.15, 0.2) is 39.1 Å². The maximum absolute atomic E-state index is 14.6. The second-order valence-electron chi connectivity index (χ2n) is 24.7. The number of ether oxygens (including phenoxy) is 1. The molecule has 0 aromatic carbocycles. The maximum atomic E-state index is 14.6. The summed E-state index contributed by atoms with van der Waals surface area (Å²) in [7, 11) is -8.45. The Kier molecular flexibility index (Phi) is 25.6. The Labute approximate surface area is 413 Å². The van der Waals surface area contributed by atoms with Crippen LogP contribution in [0.3, 0.4) is 0 Å². The lowest BCUT2D eigenvalue weighted by Gasteiger charge is -2.40. The second-order valence-corrected chi connectivity index (χ2v) is 43.6. The van der Waals surface area contributed by atoms with E-state index in [0.717, 1.165) is 29.3 Å². The fourth-order valence-electron chi connectivity index (χ4n) is 7.35. The van der Waals surface area contributed by atoms with Crippen LogP contribution in [0.1, 0.15) is 157 Å². The van der Waals surface area contributed by atoms with Gasteiger partial charge >= 0.3 is 5.97 Å². The summed E-state index contributed by atoms with van der Waals surface area (Å²) in [5, 5.41) is 0.166. The Balaban J connectivity index is 6.95. The lowest BCUT2D eigenvalue weighted by molar-refractivity contribution is -0.147. The zero-order valence-corrected chi connectivity index (χ0v) is 51.6. The van der Waals surface area contributed by atoms with Gasteiger partial charge in [0.2, 0.25) is 0 Å². The van der Waals surface area contributed by atoms with Crippen LogP contribution < -0.4 is 0 Å². The summed E-state index contributed by atoms with van der Waals surface area (Å²) in [5.74, 6) is -0.360. The summed E-state index contributed by atoms with van der Waals surface area (Å²) in [5.41, 5.74) is 0.598. The van der Waals surface area contributed by atoms with Crippen LogP contribution in [0.2, 0.25) is 72.5 Å². The fraction of sp³-hybridized carbons (Fsp3) is 0.782. The van der Waals surface area contributed by atoms with Crippen molar-refractivity contribution < 1.29 is 32.0 Å². The molecule has 0 aromatic heterocycles. The van der Waals surface area contributed by atoms with Crippen LogP contribution >= 0.6 is 0 Å². The first kappa shape index (κ1) is 64.5. The SMILES string of the molecule is C=CC[C@@H](CC(=C)CC(=O)[C@@](C)(/C=C/C[C@H](C)[C@@H](C[C@H](C)[C@H](C)O[Si](C)(C)C(C)(C)C)OC(=O)/C=C(\C)[C@H](C)[C@@H](C=C)O[Si](C)(C)C(C)(C)C)O[Si](CC)(CC)CC)O[Si](C)(C)C(C)(C)C. The lowest BCUT2D eigenvalue weighted by atomic mass is 9.88. The van der Waals surface area contributed by atoms with E-state index in [-0.39, 0.29) is 69.4 Å². The molecule has 66 heavy (non-hydrogen) atoms. The van der Waals surface area contributed by atoms with E-state index in [1.807, 2.05) is 32.1 Å². The van der Waals surface area contributed by atoms with Crippen LogP contribution in [0.25, 0.3) is 0 Å². The number of allylic oxidation sites excluding steroid dienone is 1. The fourth-order valence-corrected chi connectivity index (χ4v) is 14.6. The number of hydrogen-bond acceptors (Lipinski definition) is 7. The molecule has 0 aromatic rings. The molecule has 8 atom stereocenters. The first-order valence-corrected chi connectivity index (χ1v) is 36.7. The van der Waals surface area contributed by atoms with Gasteiger partial charge in [0, 0.05) is 24.5 Å². The molecule has 384 valence electrons. The highest BCUT2D eigenvalue weighted by Gasteiger charge is 2.44. The number of carbonyl (C=O) groups is 2. The van der Waals surface area contributed by atoms with E-state index in [0.29, 0.717) is 25.7 Å². The van der Waals surface area contributed by atoms with E-state index in [1.165, 1.54) is 0 Å². The third-order valence-corrected chi connectivity index (χ3v) is 34.4. The van der Waals surface area contributed by atoms with Gasteiger partial charge in [-0.2, -0.15) is 0 Å². The molecule has 0 aliphatic heterocycles. The summed E-state index contributed by atoms with van der Waals surface area (Å²) in [6.45, 7) is 65.4. The third kappa shape index (κ3) is 19.7. The molecule has 0 unspecified atom stereocenters. The molecule has 0 aliphatic carbocycles. The number of rotatable bonds is 30. The topological polar surface area (TPSA) is 80.3 Å². The quantitative estimate of drug-likeness (QED) is 0.0307. The first-order chi connectivity index (χ1) is 29.7. The molecule has 0 radical (unpaired) electrons. The highest BCUT2D eigenvalue weighted by molar-refractivity contribution is 6.75. The molecular weight excluding hydrogens is 885 g/mol. The average Bonchev–Trinajstić information content (AvgIpc) is 3.16. The normalized spacial score (nSPS) is 18.2. The maximum Gasteiger partial charge on any atom is 0.330 e. The molecular formula is C55H106O7Si4. The van der Waals surface area contributed by atoms with Crippen molar-refractivity contribution in [2.45, 2.75) is 259 Å². The zero-order valence-electron chi connectivity index (χ0n) is 47.6. The first-order valence-electron chi connectivity index (χ1n) is 25.5. The van der Waals surface area contributed by atoms with E-state index in [1.54, 1.807) is 6.08 Å². The van der Waals surface area contributed by atoms with Crippen LogP contribution in [-0.2, 0) is 32.0 Å². The summed E-state index contributed by atoms with van der Waals surface area (Å²) in [6, 6.07) is 2.76. The van der Waals surface area contributed by atoms with Crippen molar-refractivity contribution in [3.8, 4) is 0 Å². The van der Waals surface area contributed by atoms with Gasteiger partial charge in [0.25, 0.3) is 0 Å². The number of carbonyl (C=O) groups excluding carboxylic acids is 2. The van der Waals surface area contributed by atoms with Gasteiger partial charge in [-0.3, -0.25) is 4.79 Å². The van der Waals surface area contributed by atoms with E-state index >= 15 is 0 Å². The predicted octanol–water partition coefficient (Wildman–Crippen LogP) is 16.7. The molecule has 0 N–H and O–H groups in total. The molecule has 0 spiro atoms. The van der Waals surface area contributed by atoms with E-state index in [4.69, 9.17) is 22.4 Å². The van der Waals surface area contributed by atoms with E-state index in [9.17, 15) is 9.59 Å². The van der Waals surface area contributed by atoms with Crippen molar-refractivity contribution in [3.05, 3.63) is 61.3 Å². The van der Waals surface area contributed by atoms with Crippen LogP contribution in [0.15, 0.2) is 61.3 Å². The molecule has 0 fully saturated rings. The summed E-state index contributed by atoms with van der Waals surface area (Å²) in [6.07, 6.45) is 11.5. The minimum absolute atomic E-state index is 0.00612. The number of ketones is 1. The van der Waals surface area contributed by atoms with E-state index in [2.05, 4.69) is 176 Å². The predicted molar refractivity (Wildman–Crippen MR) is 296 cm³/mol. The highest BCUT2D eigenvalue weighted by atomic mass is 28.4. The summed E-state index contributed by atoms with van der Waals surface area (Å²) >= 11 is 0. The van der Waals surface area contributed by atoms with Crippen LogP contribution in [0.5, 0.6) is 0 Å². The third-order valence-electron chi connectivity index (χ3n) is 16.1. The number of esters is 1. The van der Waals surface area contributed by atoms with Crippen LogP contribution in [0.4, 0.5) is 0 Å². The molecule has 0 saturated carbocycles. The zero-order chi connectivity index (χ0) is 52.1. The number of Topliss-reactive ketones (excluding diaryl/α,β-unsaturated/α-hetero) is 1. The minimum Gasteiger partial charge on any atom is -0.459 e. The number of hydrogen-bond donors (Lipinski definition) is 0. The van der Waals surface area contributed by atoms with E-state index < -0.39 is 45.0 Å². The summed E-state index contributed by atoms with van der Waals surface area (Å²) in [4.78, 5) is 28.6. The van der Waals surface area contributed by atoms with Crippen LogP contribution in [-0.4, -0.2) is 75.0 Å². The Bertz CT molecular complexity index is 1610. The molecule has 0 saturated heterocycles. The van der Waals surface area contributed by atoms with Gasteiger partial charge < -0.3 is 22.4 Å². The van der Waals surface area contributed by atoms with Gasteiger partial charge in [-0.05, 0) is 131 Å². The molecule has 0 amide bonds. The van der Waals surface area contributed by atoms with Gasteiger partial charge in [-0.15, -0.1) is 13.2 Å². The molecule has 0 heterocycles. The standard InChI is InChI=1S/C55H106O7Si4/c1-28-34-47(60-64(24,25)53(15,16)17)37-41(6)38-50(56)55(21,62-66(30-3,31-4)32-5)36-33-35-42(7)49(39-44(9)46(11)59-63(22,23)52(12,13)14)58-51(57)40-43(8)45(10)48(29-2)61-65(26,27)54(18,19)20/h28-29,33,36,40,42,44-49H,1-2,6,30-32,34-35,37-39H2,3-5,7-27H3/b36-33+,43-40+/t42-,44-,45-,46-,47-,48+,49+,55+/m0/s1. The van der Waals surface area contributed by atoms with Crippen molar-refractivity contribution in [2.24, 2.45) is 17.8 Å². The molecule has 11 heteroatoms.